The van der Waals surface area contributed by atoms with Crippen molar-refractivity contribution in [2.75, 3.05) is 26.2 Å². The first-order valence-corrected chi connectivity index (χ1v) is 8.97. The van der Waals surface area contributed by atoms with E-state index in [2.05, 4.69) is 29.8 Å². The summed E-state index contributed by atoms with van der Waals surface area (Å²) in [5.41, 5.74) is 8.46. The van der Waals surface area contributed by atoms with Crippen LogP contribution in [0.1, 0.15) is 25.8 Å². The molecule has 1 amide bonds. The number of nitrogens with two attached hydrogens (primary N) is 1. The third-order valence-electron chi connectivity index (χ3n) is 5.24. The van der Waals surface area contributed by atoms with Crippen molar-refractivity contribution in [2.24, 2.45) is 5.73 Å². The fourth-order valence-corrected chi connectivity index (χ4v) is 3.84. The quantitative estimate of drug-likeness (QED) is 0.852. The van der Waals surface area contributed by atoms with E-state index in [1.807, 2.05) is 29.3 Å². The molecule has 3 N–H and O–H groups in total. The zero-order valence-corrected chi connectivity index (χ0v) is 14.7. The van der Waals surface area contributed by atoms with E-state index < -0.39 is 6.04 Å². The number of aromatic nitrogens is 1. The van der Waals surface area contributed by atoms with Gasteiger partial charge < -0.3 is 15.6 Å². The third-order valence-corrected chi connectivity index (χ3v) is 5.24. The number of carbonyl (C=O) groups excluding carboxylic acids is 1. The van der Waals surface area contributed by atoms with E-state index in [4.69, 9.17) is 5.73 Å². The number of hydrogen-bond donors (Lipinski definition) is 2. The lowest BCUT2D eigenvalue weighted by atomic mass is 10.0. The van der Waals surface area contributed by atoms with Crippen LogP contribution in [0.5, 0.6) is 0 Å². The van der Waals surface area contributed by atoms with E-state index in [1.165, 1.54) is 0 Å². The minimum absolute atomic E-state index is 0.0786. The first-order chi connectivity index (χ1) is 11.6. The summed E-state index contributed by atoms with van der Waals surface area (Å²) in [6, 6.07) is 8.14. The molecule has 0 spiro atoms. The molecular formula is C19H28N4O. The molecule has 2 aromatic rings. The number of aromatic amines is 1. The molecule has 0 bridgehead atoms. The highest BCUT2D eigenvalue weighted by molar-refractivity contribution is 5.86. The molecule has 1 saturated heterocycles. The van der Waals surface area contributed by atoms with E-state index >= 15 is 0 Å². The van der Waals surface area contributed by atoms with E-state index in [1.54, 1.807) is 0 Å². The lowest BCUT2D eigenvalue weighted by Gasteiger charge is -2.26. The average molecular weight is 328 g/mol. The molecule has 1 aliphatic rings. The van der Waals surface area contributed by atoms with Crippen molar-refractivity contribution in [1.29, 1.82) is 0 Å². The van der Waals surface area contributed by atoms with Crippen LogP contribution < -0.4 is 5.73 Å². The van der Waals surface area contributed by atoms with Crippen LogP contribution in [0.15, 0.2) is 30.5 Å². The monoisotopic (exact) mass is 328 g/mol. The van der Waals surface area contributed by atoms with Gasteiger partial charge in [-0.3, -0.25) is 9.69 Å². The molecule has 5 nitrogen and oxygen atoms in total. The van der Waals surface area contributed by atoms with Crippen LogP contribution in [-0.4, -0.2) is 59.0 Å². The zero-order chi connectivity index (χ0) is 17.1. The molecule has 1 aromatic carbocycles. The van der Waals surface area contributed by atoms with Crippen LogP contribution in [0.3, 0.4) is 0 Å². The molecule has 2 heterocycles. The minimum atomic E-state index is -0.473. The molecule has 24 heavy (non-hydrogen) atoms. The van der Waals surface area contributed by atoms with Crippen molar-refractivity contribution < 1.29 is 4.79 Å². The number of fused-ring (bicyclic) bond motifs is 1. The number of nitrogens with zero attached hydrogens (tertiary/aromatic N) is 2. The van der Waals surface area contributed by atoms with Crippen LogP contribution in [0, 0.1) is 0 Å². The predicted octanol–water partition coefficient (Wildman–Crippen LogP) is 1.98. The van der Waals surface area contributed by atoms with E-state index in [0.29, 0.717) is 12.5 Å². The summed E-state index contributed by atoms with van der Waals surface area (Å²) < 4.78 is 0. The van der Waals surface area contributed by atoms with Crippen LogP contribution in [0.2, 0.25) is 0 Å². The topological polar surface area (TPSA) is 65.4 Å². The zero-order valence-electron chi connectivity index (χ0n) is 14.7. The Morgan fingerprint density at radius 2 is 2.12 bits per heavy atom. The summed E-state index contributed by atoms with van der Waals surface area (Å²) in [6.45, 7) is 8.05. The Morgan fingerprint density at radius 1 is 1.38 bits per heavy atom. The predicted molar refractivity (Wildman–Crippen MR) is 97.9 cm³/mol. The molecule has 130 valence electrons. The molecule has 1 fully saturated rings. The normalized spacial score (nSPS) is 19.3. The van der Waals surface area contributed by atoms with Crippen LogP contribution in [0.25, 0.3) is 10.9 Å². The molecule has 3 rings (SSSR count). The second-order valence-electron chi connectivity index (χ2n) is 6.62. The first kappa shape index (κ1) is 17.0. The van der Waals surface area contributed by atoms with Crippen molar-refractivity contribution in [1.82, 2.24) is 14.8 Å². The summed E-state index contributed by atoms with van der Waals surface area (Å²) in [4.78, 5) is 20.4. The van der Waals surface area contributed by atoms with E-state index in [0.717, 1.165) is 49.1 Å². The van der Waals surface area contributed by atoms with Crippen molar-refractivity contribution in [3.63, 3.8) is 0 Å². The number of rotatable bonds is 6. The summed E-state index contributed by atoms with van der Waals surface area (Å²) in [5, 5.41) is 1.16. The SMILES string of the molecule is CCN(CC)C1CCN(C(=O)[C@@H](N)Cc2c[nH]c3ccccc23)C1. The fourth-order valence-electron chi connectivity index (χ4n) is 3.84. The van der Waals surface area contributed by atoms with Gasteiger partial charge in [-0.1, -0.05) is 32.0 Å². The first-order valence-electron chi connectivity index (χ1n) is 8.97. The number of carbonyl (C=O) groups is 1. The Kier molecular flexibility index (Phi) is 5.21. The maximum Gasteiger partial charge on any atom is 0.239 e. The van der Waals surface area contributed by atoms with Gasteiger partial charge in [0, 0.05) is 36.2 Å². The third kappa shape index (κ3) is 3.32. The number of nitrogens with one attached hydrogen (secondary N) is 1. The lowest BCUT2D eigenvalue weighted by Crippen LogP contribution is -2.45. The molecule has 1 aromatic heterocycles. The average Bonchev–Trinajstić information content (AvgIpc) is 3.23. The van der Waals surface area contributed by atoms with Crippen molar-refractivity contribution in [2.45, 2.75) is 38.8 Å². The molecular weight excluding hydrogens is 300 g/mol. The second-order valence-corrected chi connectivity index (χ2v) is 6.62. The Morgan fingerprint density at radius 3 is 2.88 bits per heavy atom. The van der Waals surface area contributed by atoms with Gasteiger partial charge in [0.1, 0.15) is 0 Å². The smallest absolute Gasteiger partial charge is 0.239 e. The Bertz CT molecular complexity index is 691. The number of hydrogen-bond acceptors (Lipinski definition) is 3. The van der Waals surface area contributed by atoms with Crippen LogP contribution in [-0.2, 0) is 11.2 Å². The van der Waals surface area contributed by atoms with E-state index in [9.17, 15) is 4.79 Å². The van der Waals surface area contributed by atoms with Crippen molar-refractivity contribution in [3.05, 3.63) is 36.0 Å². The number of likely N-dealkylation sites (N-methyl/N-ethyl adjacent to an activating group) is 1. The highest BCUT2D eigenvalue weighted by Gasteiger charge is 2.31. The molecule has 5 heteroatoms. The largest absolute Gasteiger partial charge is 0.361 e. The van der Waals surface area contributed by atoms with Crippen molar-refractivity contribution >= 4 is 16.8 Å². The highest BCUT2D eigenvalue weighted by Crippen LogP contribution is 2.20. The maximum atomic E-state index is 12.7. The van der Waals surface area contributed by atoms with Gasteiger partial charge in [-0.25, -0.2) is 0 Å². The van der Waals surface area contributed by atoms with Crippen LogP contribution >= 0.6 is 0 Å². The van der Waals surface area contributed by atoms with Crippen LogP contribution in [0.4, 0.5) is 0 Å². The Balaban J connectivity index is 1.63. The number of likely N-dealkylation sites (tertiary alicyclic amines) is 1. The Labute approximate surface area is 143 Å². The molecule has 2 atom stereocenters. The molecule has 0 saturated carbocycles. The van der Waals surface area contributed by atoms with Gasteiger partial charge in [0.15, 0.2) is 0 Å². The summed E-state index contributed by atoms with van der Waals surface area (Å²) in [7, 11) is 0. The highest BCUT2D eigenvalue weighted by atomic mass is 16.2. The number of amides is 1. The van der Waals surface area contributed by atoms with Crippen molar-refractivity contribution in [3.8, 4) is 0 Å². The standard InChI is InChI=1S/C19H28N4O/c1-3-22(4-2)15-9-10-23(13-15)19(24)17(20)11-14-12-21-18-8-6-5-7-16(14)18/h5-8,12,15,17,21H,3-4,9-11,13,20H2,1-2H3/t15?,17-/m0/s1. The summed E-state index contributed by atoms with van der Waals surface area (Å²) in [6.07, 6.45) is 3.60. The second kappa shape index (κ2) is 7.36. The van der Waals surface area contributed by atoms with Gasteiger partial charge in [0.25, 0.3) is 0 Å². The van der Waals surface area contributed by atoms with E-state index in [-0.39, 0.29) is 5.91 Å². The summed E-state index contributed by atoms with van der Waals surface area (Å²) >= 11 is 0. The molecule has 0 aliphatic carbocycles. The molecule has 1 aliphatic heterocycles. The number of H-pyrrole nitrogens is 1. The van der Waals surface area contributed by atoms with Gasteiger partial charge in [-0.15, -0.1) is 0 Å². The number of benzene rings is 1. The van der Waals surface area contributed by atoms with Gasteiger partial charge in [-0.2, -0.15) is 0 Å². The maximum absolute atomic E-state index is 12.7. The van der Waals surface area contributed by atoms with Gasteiger partial charge in [0.05, 0.1) is 6.04 Å². The van der Waals surface area contributed by atoms with Gasteiger partial charge in [-0.05, 0) is 37.6 Å². The van der Waals surface area contributed by atoms with Gasteiger partial charge in [0.2, 0.25) is 5.91 Å². The molecule has 0 radical (unpaired) electrons. The molecule has 1 unspecified atom stereocenters. The minimum Gasteiger partial charge on any atom is -0.361 e. The lowest BCUT2D eigenvalue weighted by molar-refractivity contribution is -0.131. The van der Waals surface area contributed by atoms with Gasteiger partial charge >= 0.3 is 0 Å². The number of para-hydroxylation sites is 1. The Hall–Kier alpha value is -1.85. The summed E-state index contributed by atoms with van der Waals surface area (Å²) in [5.74, 6) is 0.0786. The fraction of sp³-hybridized carbons (Fsp3) is 0.526.